The number of alkyl halides is 1. The van der Waals surface area contributed by atoms with Crippen LogP contribution in [0.25, 0.3) is 5.69 Å². The molecule has 122 valence electrons. The van der Waals surface area contributed by atoms with E-state index in [0.29, 0.717) is 30.4 Å². The smallest absolute Gasteiger partial charge is 0.271 e. The standard InChI is InChI=1S/C15H18ClN5O2/c1-23-9-7-18-15(22)13-6-8-21(20-13)12-4-2-11(3-5-12)19-14(17)10-16/h2-6,8H,7,9-10H2,1H3,(H2,17,19)(H,18,22). The van der Waals surface area contributed by atoms with E-state index in [-0.39, 0.29) is 11.8 Å². The summed E-state index contributed by atoms with van der Waals surface area (Å²) in [5.74, 6) is 0.299. The molecule has 1 aromatic carbocycles. The Morgan fingerprint density at radius 3 is 2.78 bits per heavy atom. The van der Waals surface area contributed by atoms with Gasteiger partial charge in [0.25, 0.3) is 5.91 Å². The van der Waals surface area contributed by atoms with Gasteiger partial charge in [-0.2, -0.15) is 5.10 Å². The maximum Gasteiger partial charge on any atom is 0.271 e. The fourth-order valence-corrected chi connectivity index (χ4v) is 1.88. The van der Waals surface area contributed by atoms with Gasteiger partial charge in [-0.15, -0.1) is 11.6 Å². The number of hydrogen-bond donors (Lipinski definition) is 2. The molecule has 0 saturated heterocycles. The fourth-order valence-electron chi connectivity index (χ4n) is 1.82. The third-order valence-corrected chi connectivity index (χ3v) is 3.21. The first-order valence-electron chi connectivity index (χ1n) is 6.96. The van der Waals surface area contributed by atoms with Crippen LogP contribution >= 0.6 is 11.6 Å². The van der Waals surface area contributed by atoms with E-state index in [9.17, 15) is 4.79 Å². The highest BCUT2D eigenvalue weighted by Gasteiger charge is 2.09. The average Bonchev–Trinajstić information content (AvgIpc) is 3.05. The number of aliphatic imine (C=N–C) groups is 1. The Bertz CT molecular complexity index is 681. The minimum absolute atomic E-state index is 0.183. The largest absolute Gasteiger partial charge is 0.386 e. The molecule has 0 aliphatic rings. The van der Waals surface area contributed by atoms with Gasteiger partial charge in [-0.05, 0) is 30.3 Å². The molecular formula is C15H18ClN5O2. The zero-order chi connectivity index (χ0) is 16.7. The molecule has 1 amide bonds. The van der Waals surface area contributed by atoms with Crippen LogP contribution in [0.3, 0.4) is 0 Å². The third-order valence-electron chi connectivity index (χ3n) is 2.94. The Morgan fingerprint density at radius 1 is 1.39 bits per heavy atom. The van der Waals surface area contributed by atoms with Crippen LogP contribution in [0.1, 0.15) is 10.5 Å². The molecule has 23 heavy (non-hydrogen) atoms. The molecule has 2 aromatic rings. The normalized spacial score (nSPS) is 11.5. The average molecular weight is 336 g/mol. The van der Waals surface area contributed by atoms with Gasteiger partial charge >= 0.3 is 0 Å². The van der Waals surface area contributed by atoms with E-state index in [4.69, 9.17) is 22.1 Å². The lowest BCUT2D eigenvalue weighted by atomic mass is 10.3. The Balaban J connectivity index is 2.07. The van der Waals surface area contributed by atoms with E-state index in [1.165, 1.54) is 0 Å². The molecule has 8 heteroatoms. The number of carbonyl (C=O) groups is 1. The highest BCUT2D eigenvalue weighted by Crippen LogP contribution is 2.16. The molecule has 0 aliphatic heterocycles. The first-order chi connectivity index (χ1) is 11.1. The fraction of sp³-hybridized carbons (Fsp3) is 0.267. The number of benzene rings is 1. The van der Waals surface area contributed by atoms with Crippen LogP contribution < -0.4 is 11.1 Å². The predicted octanol–water partition coefficient (Wildman–Crippen LogP) is 1.48. The molecule has 0 unspecified atom stereocenters. The Hall–Kier alpha value is -2.38. The van der Waals surface area contributed by atoms with Crippen molar-refractivity contribution in [1.82, 2.24) is 15.1 Å². The number of halogens is 1. The topological polar surface area (TPSA) is 94.5 Å². The molecule has 0 aliphatic carbocycles. The summed E-state index contributed by atoms with van der Waals surface area (Å²) >= 11 is 5.59. The number of hydrogen-bond acceptors (Lipinski definition) is 4. The summed E-state index contributed by atoms with van der Waals surface area (Å²) in [7, 11) is 1.58. The lowest BCUT2D eigenvalue weighted by Crippen LogP contribution is -2.27. The van der Waals surface area contributed by atoms with Gasteiger partial charge in [0.15, 0.2) is 5.69 Å². The Labute approximate surface area is 139 Å². The van der Waals surface area contributed by atoms with Gasteiger partial charge in [0.1, 0.15) is 5.84 Å². The molecular weight excluding hydrogens is 318 g/mol. The number of carbonyl (C=O) groups excluding carboxylic acids is 1. The van der Waals surface area contributed by atoms with Crippen molar-refractivity contribution in [1.29, 1.82) is 0 Å². The summed E-state index contributed by atoms with van der Waals surface area (Å²) in [5, 5.41) is 6.97. The van der Waals surface area contributed by atoms with Crippen LogP contribution in [0, 0.1) is 0 Å². The first kappa shape index (κ1) is 17.0. The van der Waals surface area contributed by atoms with E-state index < -0.39 is 0 Å². The van der Waals surface area contributed by atoms with Crippen LogP contribution in [0.4, 0.5) is 5.69 Å². The van der Waals surface area contributed by atoms with Gasteiger partial charge in [-0.1, -0.05) is 0 Å². The summed E-state index contributed by atoms with van der Waals surface area (Å²) in [4.78, 5) is 16.0. The number of ether oxygens (including phenoxy) is 1. The first-order valence-corrected chi connectivity index (χ1v) is 7.49. The number of amidine groups is 1. The summed E-state index contributed by atoms with van der Waals surface area (Å²) in [6.45, 7) is 0.900. The van der Waals surface area contributed by atoms with E-state index in [1.54, 1.807) is 36.2 Å². The zero-order valence-corrected chi connectivity index (χ0v) is 13.5. The number of methoxy groups -OCH3 is 1. The molecule has 0 radical (unpaired) electrons. The van der Waals surface area contributed by atoms with E-state index in [2.05, 4.69) is 15.4 Å². The second-order valence-corrected chi connectivity index (χ2v) is 4.91. The lowest BCUT2D eigenvalue weighted by molar-refractivity contribution is 0.0931. The van der Waals surface area contributed by atoms with E-state index >= 15 is 0 Å². The molecule has 0 bridgehead atoms. The number of nitrogens with zero attached hydrogens (tertiary/aromatic N) is 3. The van der Waals surface area contributed by atoms with Crippen LogP contribution in [0.5, 0.6) is 0 Å². The van der Waals surface area contributed by atoms with Crippen molar-refractivity contribution in [3.63, 3.8) is 0 Å². The maximum absolute atomic E-state index is 11.9. The maximum atomic E-state index is 11.9. The highest BCUT2D eigenvalue weighted by atomic mass is 35.5. The van der Waals surface area contributed by atoms with Crippen molar-refractivity contribution in [2.75, 3.05) is 26.1 Å². The summed E-state index contributed by atoms with van der Waals surface area (Å²) in [5.41, 5.74) is 7.44. The highest BCUT2D eigenvalue weighted by molar-refractivity contribution is 6.28. The Kier molecular flexibility index (Phi) is 6.13. The van der Waals surface area contributed by atoms with Gasteiger partial charge in [0.2, 0.25) is 0 Å². The van der Waals surface area contributed by atoms with Gasteiger partial charge in [-0.3, -0.25) is 4.79 Å². The second kappa shape index (κ2) is 8.30. The summed E-state index contributed by atoms with van der Waals surface area (Å²) < 4.78 is 6.50. The van der Waals surface area contributed by atoms with Crippen LogP contribution in [-0.4, -0.2) is 47.7 Å². The summed E-state index contributed by atoms with van der Waals surface area (Å²) in [6.07, 6.45) is 1.72. The number of nitrogens with one attached hydrogen (secondary N) is 1. The minimum Gasteiger partial charge on any atom is -0.386 e. The molecule has 3 N–H and O–H groups in total. The third kappa shape index (κ3) is 4.80. The molecule has 7 nitrogen and oxygen atoms in total. The Morgan fingerprint density at radius 2 is 2.13 bits per heavy atom. The molecule has 2 rings (SSSR count). The van der Waals surface area contributed by atoms with Crippen LogP contribution in [-0.2, 0) is 4.74 Å². The van der Waals surface area contributed by atoms with Crippen molar-refractivity contribution in [3.8, 4) is 5.69 Å². The predicted molar refractivity (Wildman–Crippen MR) is 89.8 cm³/mol. The van der Waals surface area contributed by atoms with Crippen molar-refractivity contribution in [3.05, 3.63) is 42.2 Å². The SMILES string of the molecule is COCCNC(=O)c1ccn(-c2ccc(N=C(N)CCl)cc2)n1. The molecule has 0 fully saturated rings. The molecule has 0 saturated carbocycles. The van der Waals surface area contributed by atoms with Gasteiger partial charge in [0, 0.05) is 19.9 Å². The van der Waals surface area contributed by atoms with Gasteiger partial charge < -0.3 is 15.8 Å². The van der Waals surface area contributed by atoms with Crippen molar-refractivity contribution < 1.29 is 9.53 Å². The molecule has 0 atom stereocenters. The monoisotopic (exact) mass is 335 g/mol. The lowest BCUT2D eigenvalue weighted by Gasteiger charge is -2.03. The van der Waals surface area contributed by atoms with Gasteiger partial charge in [-0.25, -0.2) is 9.67 Å². The van der Waals surface area contributed by atoms with Crippen molar-refractivity contribution in [2.45, 2.75) is 0 Å². The summed E-state index contributed by atoms with van der Waals surface area (Å²) in [6, 6.07) is 8.92. The number of rotatable bonds is 7. The molecule has 1 aromatic heterocycles. The number of aromatic nitrogens is 2. The van der Waals surface area contributed by atoms with E-state index in [1.807, 2.05) is 12.1 Å². The quantitative estimate of drug-likeness (QED) is 0.347. The number of amides is 1. The van der Waals surface area contributed by atoms with Gasteiger partial charge in [0.05, 0.1) is 23.9 Å². The second-order valence-electron chi connectivity index (χ2n) is 4.65. The number of nitrogens with two attached hydrogens (primary N) is 1. The molecule has 1 heterocycles. The van der Waals surface area contributed by atoms with Crippen molar-refractivity contribution >= 4 is 29.0 Å². The minimum atomic E-state index is -0.239. The zero-order valence-electron chi connectivity index (χ0n) is 12.7. The molecule has 0 spiro atoms. The van der Waals surface area contributed by atoms with Crippen molar-refractivity contribution in [2.24, 2.45) is 10.7 Å². The van der Waals surface area contributed by atoms with E-state index in [0.717, 1.165) is 5.69 Å². The van der Waals surface area contributed by atoms with Crippen LogP contribution in [0.2, 0.25) is 0 Å². The van der Waals surface area contributed by atoms with Crippen LogP contribution in [0.15, 0.2) is 41.5 Å².